The van der Waals surface area contributed by atoms with Gasteiger partial charge in [0.05, 0.1) is 11.2 Å². The lowest BCUT2D eigenvalue weighted by atomic mass is 10.1. The number of hydrogen-bond donors (Lipinski definition) is 0. The molecule has 0 radical (unpaired) electrons. The molecular formula is C16H11ClN4O. The van der Waals surface area contributed by atoms with Crippen molar-refractivity contribution in [3.63, 3.8) is 0 Å². The lowest BCUT2D eigenvalue weighted by molar-refractivity contribution is 0.430. The Morgan fingerprint density at radius 3 is 2.73 bits per heavy atom. The van der Waals surface area contributed by atoms with Gasteiger partial charge in [-0.15, -0.1) is 0 Å². The molecule has 0 atom stereocenters. The summed E-state index contributed by atoms with van der Waals surface area (Å²) >= 11 is 6.04. The first-order valence-corrected chi connectivity index (χ1v) is 7.12. The summed E-state index contributed by atoms with van der Waals surface area (Å²) in [7, 11) is 0. The highest BCUT2D eigenvalue weighted by atomic mass is 35.5. The monoisotopic (exact) mass is 310 g/mol. The molecule has 0 aliphatic carbocycles. The van der Waals surface area contributed by atoms with Crippen LogP contribution in [0.4, 0.5) is 0 Å². The van der Waals surface area contributed by atoms with Crippen molar-refractivity contribution in [2.75, 3.05) is 0 Å². The highest BCUT2D eigenvalue weighted by molar-refractivity contribution is 6.30. The van der Waals surface area contributed by atoms with Crippen molar-refractivity contribution in [2.24, 2.45) is 0 Å². The second-order valence-electron chi connectivity index (χ2n) is 5.01. The van der Waals surface area contributed by atoms with Crippen molar-refractivity contribution in [3.05, 3.63) is 59.4 Å². The lowest BCUT2D eigenvalue weighted by Gasteiger charge is -1.97. The molecule has 6 heteroatoms. The second-order valence-corrected chi connectivity index (χ2v) is 5.44. The summed E-state index contributed by atoms with van der Waals surface area (Å²) in [6.07, 6.45) is 3.47. The zero-order valence-corrected chi connectivity index (χ0v) is 12.4. The van der Waals surface area contributed by atoms with Gasteiger partial charge in [-0.1, -0.05) is 46.6 Å². The van der Waals surface area contributed by atoms with Gasteiger partial charge in [0.2, 0.25) is 5.82 Å². The fraction of sp³-hybridized carbons (Fsp3) is 0.0625. The number of nitrogens with zero attached hydrogens (tertiary/aromatic N) is 4. The highest BCUT2D eigenvalue weighted by Gasteiger charge is 2.14. The number of imidazole rings is 1. The van der Waals surface area contributed by atoms with Crippen LogP contribution in [0.5, 0.6) is 0 Å². The Balaban J connectivity index is 1.80. The molecule has 0 bridgehead atoms. The van der Waals surface area contributed by atoms with E-state index in [0.29, 0.717) is 22.4 Å². The van der Waals surface area contributed by atoms with Crippen LogP contribution < -0.4 is 0 Å². The predicted octanol–water partition coefficient (Wildman–Crippen LogP) is 4.01. The average Bonchev–Trinajstić information content (AvgIpc) is 3.14. The van der Waals surface area contributed by atoms with Gasteiger partial charge in [0.15, 0.2) is 0 Å². The maximum Gasteiger partial charge on any atom is 0.276 e. The minimum Gasteiger partial charge on any atom is -0.332 e. The van der Waals surface area contributed by atoms with E-state index in [1.807, 2.05) is 41.7 Å². The molecule has 0 N–H and O–H groups in total. The zero-order chi connectivity index (χ0) is 15.1. The summed E-state index contributed by atoms with van der Waals surface area (Å²) < 4.78 is 7.20. The Labute approximate surface area is 131 Å². The molecule has 0 amide bonds. The maximum atomic E-state index is 6.04. The molecule has 0 spiro atoms. The summed E-state index contributed by atoms with van der Waals surface area (Å²) in [6, 6.07) is 11.6. The van der Waals surface area contributed by atoms with Crippen molar-refractivity contribution >= 4 is 17.2 Å². The molecule has 108 valence electrons. The standard InChI is InChI=1S/C16H11ClN4O/c1-10-2-4-11(5-3-10)15-19-16(22-20-15)13-8-18-14-7-6-12(17)9-21(13)14/h2-9H,1H3. The van der Waals surface area contributed by atoms with Crippen molar-refractivity contribution in [1.82, 2.24) is 19.5 Å². The number of pyridine rings is 1. The van der Waals surface area contributed by atoms with E-state index in [0.717, 1.165) is 11.2 Å². The van der Waals surface area contributed by atoms with Crippen LogP contribution in [0.2, 0.25) is 5.02 Å². The van der Waals surface area contributed by atoms with E-state index < -0.39 is 0 Å². The molecule has 3 aromatic heterocycles. The Kier molecular flexibility index (Phi) is 2.94. The molecule has 0 saturated heterocycles. The minimum absolute atomic E-state index is 0.408. The first-order chi connectivity index (χ1) is 10.7. The average molecular weight is 311 g/mol. The number of aryl methyl sites for hydroxylation is 1. The number of halogens is 1. The van der Waals surface area contributed by atoms with Gasteiger partial charge in [-0.05, 0) is 19.1 Å². The third-order valence-electron chi connectivity index (χ3n) is 3.42. The van der Waals surface area contributed by atoms with Gasteiger partial charge in [-0.3, -0.25) is 4.40 Å². The van der Waals surface area contributed by atoms with Crippen molar-refractivity contribution in [1.29, 1.82) is 0 Å². The molecule has 4 rings (SSSR count). The van der Waals surface area contributed by atoms with E-state index in [1.165, 1.54) is 5.56 Å². The summed E-state index contributed by atoms with van der Waals surface area (Å²) in [5.74, 6) is 0.956. The second kappa shape index (κ2) is 4.96. The van der Waals surface area contributed by atoms with E-state index in [4.69, 9.17) is 16.1 Å². The van der Waals surface area contributed by atoms with Gasteiger partial charge in [0, 0.05) is 11.8 Å². The molecule has 3 heterocycles. The molecule has 0 unspecified atom stereocenters. The van der Waals surface area contributed by atoms with Crippen LogP contribution in [0, 0.1) is 6.92 Å². The van der Waals surface area contributed by atoms with E-state index in [-0.39, 0.29) is 0 Å². The minimum atomic E-state index is 0.408. The summed E-state index contributed by atoms with van der Waals surface area (Å²) in [4.78, 5) is 8.76. The number of rotatable bonds is 2. The third kappa shape index (κ3) is 2.16. The summed E-state index contributed by atoms with van der Waals surface area (Å²) in [5, 5.41) is 4.66. The Bertz CT molecular complexity index is 956. The van der Waals surface area contributed by atoms with Crippen LogP contribution in [0.3, 0.4) is 0 Å². The molecule has 22 heavy (non-hydrogen) atoms. The number of fused-ring (bicyclic) bond motifs is 1. The van der Waals surface area contributed by atoms with Crippen LogP contribution in [0.1, 0.15) is 5.56 Å². The van der Waals surface area contributed by atoms with Gasteiger partial charge in [0.1, 0.15) is 11.3 Å². The van der Waals surface area contributed by atoms with Gasteiger partial charge >= 0.3 is 0 Å². The highest BCUT2D eigenvalue weighted by Crippen LogP contribution is 2.24. The fourth-order valence-corrected chi connectivity index (χ4v) is 2.42. The van der Waals surface area contributed by atoms with Crippen LogP contribution >= 0.6 is 11.6 Å². The van der Waals surface area contributed by atoms with E-state index in [2.05, 4.69) is 15.1 Å². The molecule has 0 fully saturated rings. The molecule has 5 nitrogen and oxygen atoms in total. The molecule has 0 saturated carbocycles. The van der Waals surface area contributed by atoms with E-state index >= 15 is 0 Å². The topological polar surface area (TPSA) is 56.2 Å². The Morgan fingerprint density at radius 2 is 1.91 bits per heavy atom. The summed E-state index contributed by atoms with van der Waals surface area (Å²) in [5.41, 5.74) is 3.58. The number of aromatic nitrogens is 4. The van der Waals surface area contributed by atoms with Crippen molar-refractivity contribution < 1.29 is 4.52 Å². The van der Waals surface area contributed by atoms with E-state index in [9.17, 15) is 0 Å². The fourth-order valence-electron chi connectivity index (χ4n) is 2.26. The molecule has 0 aliphatic heterocycles. The Morgan fingerprint density at radius 1 is 1.09 bits per heavy atom. The van der Waals surface area contributed by atoms with Crippen LogP contribution in [-0.2, 0) is 0 Å². The van der Waals surface area contributed by atoms with Crippen LogP contribution in [0.25, 0.3) is 28.6 Å². The SMILES string of the molecule is Cc1ccc(-c2noc(-c3cnc4ccc(Cl)cn34)n2)cc1. The first kappa shape index (κ1) is 13.0. The number of benzene rings is 1. The molecule has 0 aliphatic rings. The van der Waals surface area contributed by atoms with E-state index in [1.54, 1.807) is 18.5 Å². The molecular weight excluding hydrogens is 300 g/mol. The van der Waals surface area contributed by atoms with Gasteiger partial charge in [-0.2, -0.15) is 4.98 Å². The van der Waals surface area contributed by atoms with Crippen LogP contribution in [0.15, 0.2) is 53.3 Å². The molecule has 1 aromatic carbocycles. The lowest BCUT2D eigenvalue weighted by Crippen LogP contribution is -1.88. The largest absolute Gasteiger partial charge is 0.332 e. The Hall–Kier alpha value is -2.66. The van der Waals surface area contributed by atoms with Crippen molar-refractivity contribution in [3.8, 4) is 23.0 Å². The summed E-state index contributed by atoms with van der Waals surface area (Å²) in [6.45, 7) is 2.04. The van der Waals surface area contributed by atoms with Gasteiger partial charge in [0.25, 0.3) is 5.89 Å². The quantitative estimate of drug-likeness (QED) is 0.561. The normalized spacial score (nSPS) is 11.2. The van der Waals surface area contributed by atoms with Crippen LogP contribution in [-0.4, -0.2) is 19.5 Å². The third-order valence-corrected chi connectivity index (χ3v) is 3.65. The first-order valence-electron chi connectivity index (χ1n) is 6.74. The predicted molar refractivity (Wildman–Crippen MR) is 83.7 cm³/mol. The maximum absolute atomic E-state index is 6.04. The van der Waals surface area contributed by atoms with Crippen molar-refractivity contribution in [2.45, 2.75) is 6.92 Å². The van der Waals surface area contributed by atoms with Gasteiger partial charge in [-0.25, -0.2) is 4.98 Å². The molecule has 4 aromatic rings. The smallest absolute Gasteiger partial charge is 0.276 e. The van der Waals surface area contributed by atoms with Gasteiger partial charge < -0.3 is 4.52 Å². The zero-order valence-electron chi connectivity index (χ0n) is 11.7. The number of hydrogen-bond acceptors (Lipinski definition) is 4.